The van der Waals surface area contributed by atoms with E-state index >= 15 is 0 Å². The van der Waals surface area contributed by atoms with Gasteiger partial charge >= 0.3 is 6.18 Å². The van der Waals surface area contributed by atoms with Gasteiger partial charge < -0.3 is 14.8 Å². The summed E-state index contributed by atoms with van der Waals surface area (Å²) in [5.74, 6) is 0.0979. The standard InChI is InChI=1S/C19H18F3NO3/c20-19(21,22)14-8-6-13(7-9-14)18(24)23-15-3-1-4-16(11-15)26-12-17-5-2-10-25-17/h1,3-4,6-9,11,17H,2,5,10,12H2,(H,23,24). The third-order valence-electron chi connectivity index (χ3n) is 4.03. The number of ether oxygens (including phenoxy) is 2. The number of anilines is 1. The number of rotatable bonds is 5. The number of hydrogen-bond donors (Lipinski definition) is 1. The molecule has 2 aromatic carbocycles. The third-order valence-corrected chi connectivity index (χ3v) is 4.03. The van der Waals surface area contributed by atoms with Crippen LogP contribution in [0.3, 0.4) is 0 Å². The fourth-order valence-electron chi connectivity index (χ4n) is 2.64. The summed E-state index contributed by atoms with van der Waals surface area (Å²) in [7, 11) is 0. The summed E-state index contributed by atoms with van der Waals surface area (Å²) < 4.78 is 48.9. The number of halogens is 3. The van der Waals surface area contributed by atoms with Crippen LogP contribution in [-0.4, -0.2) is 25.2 Å². The Hall–Kier alpha value is -2.54. The average molecular weight is 365 g/mol. The first kappa shape index (κ1) is 18.3. The molecular weight excluding hydrogens is 347 g/mol. The normalized spacial score (nSPS) is 17.1. The van der Waals surface area contributed by atoms with Crippen LogP contribution in [0.2, 0.25) is 0 Å². The van der Waals surface area contributed by atoms with Crippen LogP contribution in [0.1, 0.15) is 28.8 Å². The van der Waals surface area contributed by atoms with Gasteiger partial charge in [0, 0.05) is 23.9 Å². The summed E-state index contributed by atoms with van der Waals surface area (Å²) in [4.78, 5) is 12.2. The van der Waals surface area contributed by atoms with Gasteiger partial charge in [-0.2, -0.15) is 13.2 Å². The highest BCUT2D eigenvalue weighted by Gasteiger charge is 2.30. The van der Waals surface area contributed by atoms with Crippen LogP contribution >= 0.6 is 0 Å². The lowest BCUT2D eigenvalue weighted by Crippen LogP contribution is -2.16. The minimum atomic E-state index is -4.43. The molecule has 1 fully saturated rings. The predicted octanol–water partition coefficient (Wildman–Crippen LogP) is 4.52. The summed E-state index contributed by atoms with van der Waals surface area (Å²) in [6, 6.07) is 10.9. The van der Waals surface area contributed by atoms with Crippen LogP contribution in [0.5, 0.6) is 5.75 Å². The number of nitrogens with one attached hydrogen (secondary N) is 1. The molecule has 0 aromatic heterocycles. The van der Waals surface area contributed by atoms with E-state index in [1.54, 1.807) is 24.3 Å². The van der Waals surface area contributed by atoms with E-state index in [2.05, 4.69) is 5.32 Å². The van der Waals surface area contributed by atoms with Gasteiger partial charge in [-0.25, -0.2) is 0 Å². The summed E-state index contributed by atoms with van der Waals surface area (Å²) in [6.07, 6.45) is -2.36. The zero-order valence-corrected chi connectivity index (χ0v) is 13.9. The van der Waals surface area contributed by atoms with Crippen LogP contribution in [0, 0.1) is 0 Å². The molecule has 1 saturated heterocycles. The molecule has 1 atom stereocenters. The van der Waals surface area contributed by atoms with Crippen molar-refractivity contribution < 1.29 is 27.4 Å². The van der Waals surface area contributed by atoms with Crippen molar-refractivity contribution in [1.82, 2.24) is 0 Å². The maximum Gasteiger partial charge on any atom is 0.416 e. The Bertz CT molecular complexity index is 753. The van der Waals surface area contributed by atoms with Crippen molar-refractivity contribution in [3.8, 4) is 5.75 Å². The number of carbonyl (C=O) groups excluding carboxylic acids is 1. The van der Waals surface area contributed by atoms with E-state index in [0.29, 0.717) is 18.0 Å². The summed E-state index contributed by atoms with van der Waals surface area (Å²) in [6.45, 7) is 1.19. The van der Waals surface area contributed by atoms with Crippen molar-refractivity contribution in [2.45, 2.75) is 25.1 Å². The first-order chi connectivity index (χ1) is 12.4. The molecule has 3 rings (SSSR count). The van der Waals surface area contributed by atoms with Gasteiger partial charge in [0.2, 0.25) is 0 Å². The lowest BCUT2D eigenvalue weighted by molar-refractivity contribution is -0.137. The van der Waals surface area contributed by atoms with E-state index in [0.717, 1.165) is 43.7 Å². The second kappa shape index (κ2) is 7.78. The minimum Gasteiger partial charge on any atom is -0.491 e. The highest BCUT2D eigenvalue weighted by atomic mass is 19.4. The Labute approximate surface area is 148 Å². The molecule has 1 N–H and O–H groups in total. The Morgan fingerprint density at radius 2 is 1.96 bits per heavy atom. The fraction of sp³-hybridized carbons (Fsp3) is 0.316. The van der Waals surface area contributed by atoms with E-state index in [1.165, 1.54) is 0 Å². The maximum absolute atomic E-state index is 12.6. The quantitative estimate of drug-likeness (QED) is 0.848. The Morgan fingerprint density at radius 1 is 1.19 bits per heavy atom. The van der Waals surface area contributed by atoms with E-state index < -0.39 is 17.6 Å². The van der Waals surface area contributed by atoms with Gasteiger partial charge in [-0.3, -0.25) is 4.79 Å². The monoisotopic (exact) mass is 365 g/mol. The molecule has 1 aliphatic rings. The molecule has 0 aliphatic carbocycles. The van der Waals surface area contributed by atoms with Crippen molar-refractivity contribution in [3.63, 3.8) is 0 Å². The Kier molecular flexibility index (Phi) is 5.46. The summed E-state index contributed by atoms with van der Waals surface area (Å²) in [5, 5.41) is 2.65. The van der Waals surface area contributed by atoms with Gasteiger partial charge in [0.15, 0.2) is 0 Å². The van der Waals surface area contributed by atoms with Crippen LogP contribution in [0.4, 0.5) is 18.9 Å². The van der Waals surface area contributed by atoms with Gasteiger partial charge in [-0.1, -0.05) is 6.07 Å². The molecule has 4 nitrogen and oxygen atoms in total. The van der Waals surface area contributed by atoms with Gasteiger partial charge in [-0.15, -0.1) is 0 Å². The fourth-order valence-corrected chi connectivity index (χ4v) is 2.64. The van der Waals surface area contributed by atoms with Crippen LogP contribution < -0.4 is 10.1 Å². The van der Waals surface area contributed by atoms with E-state index in [1.807, 2.05) is 0 Å². The SMILES string of the molecule is O=C(Nc1cccc(OCC2CCCO2)c1)c1ccc(C(F)(F)F)cc1. The molecule has 138 valence electrons. The van der Waals surface area contributed by atoms with Gasteiger partial charge in [-0.05, 0) is 49.2 Å². The lowest BCUT2D eigenvalue weighted by Gasteiger charge is -2.13. The van der Waals surface area contributed by atoms with E-state index in [9.17, 15) is 18.0 Å². The minimum absolute atomic E-state index is 0.0837. The van der Waals surface area contributed by atoms with Crippen molar-refractivity contribution in [1.29, 1.82) is 0 Å². The molecule has 1 amide bonds. The molecular formula is C19H18F3NO3. The second-order valence-corrected chi connectivity index (χ2v) is 6.00. The van der Waals surface area contributed by atoms with Crippen molar-refractivity contribution in [3.05, 3.63) is 59.7 Å². The van der Waals surface area contributed by atoms with Crippen molar-refractivity contribution in [2.75, 3.05) is 18.5 Å². The van der Waals surface area contributed by atoms with Gasteiger partial charge in [0.25, 0.3) is 5.91 Å². The van der Waals surface area contributed by atoms with E-state index in [-0.39, 0.29) is 11.7 Å². The Morgan fingerprint density at radius 3 is 2.62 bits per heavy atom. The van der Waals surface area contributed by atoms with Gasteiger partial charge in [0.1, 0.15) is 12.4 Å². The first-order valence-corrected chi connectivity index (χ1v) is 8.25. The third kappa shape index (κ3) is 4.76. The molecule has 0 spiro atoms. The first-order valence-electron chi connectivity index (χ1n) is 8.25. The molecule has 7 heteroatoms. The smallest absolute Gasteiger partial charge is 0.416 e. The van der Waals surface area contributed by atoms with E-state index in [4.69, 9.17) is 9.47 Å². The number of hydrogen-bond acceptors (Lipinski definition) is 3. The predicted molar refractivity (Wildman–Crippen MR) is 90.3 cm³/mol. The molecule has 0 bridgehead atoms. The zero-order valence-electron chi connectivity index (χ0n) is 13.9. The summed E-state index contributed by atoms with van der Waals surface area (Å²) >= 11 is 0. The summed E-state index contributed by atoms with van der Waals surface area (Å²) in [5.41, 5.74) is -0.151. The highest BCUT2D eigenvalue weighted by Crippen LogP contribution is 2.29. The lowest BCUT2D eigenvalue weighted by atomic mass is 10.1. The largest absolute Gasteiger partial charge is 0.491 e. The molecule has 1 aliphatic heterocycles. The molecule has 2 aromatic rings. The topological polar surface area (TPSA) is 47.6 Å². The number of benzene rings is 2. The second-order valence-electron chi connectivity index (χ2n) is 6.00. The van der Waals surface area contributed by atoms with Crippen LogP contribution in [-0.2, 0) is 10.9 Å². The molecule has 0 radical (unpaired) electrons. The molecule has 1 unspecified atom stereocenters. The molecule has 1 heterocycles. The van der Waals surface area contributed by atoms with Crippen molar-refractivity contribution in [2.24, 2.45) is 0 Å². The van der Waals surface area contributed by atoms with Crippen LogP contribution in [0.15, 0.2) is 48.5 Å². The Balaban J connectivity index is 1.60. The number of amides is 1. The highest BCUT2D eigenvalue weighted by molar-refractivity contribution is 6.04. The average Bonchev–Trinajstić information content (AvgIpc) is 3.13. The van der Waals surface area contributed by atoms with Crippen molar-refractivity contribution >= 4 is 11.6 Å². The number of carbonyl (C=O) groups is 1. The molecule has 0 saturated carbocycles. The van der Waals surface area contributed by atoms with Crippen LogP contribution in [0.25, 0.3) is 0 Å². The van der Waals surface area contributed by atoms with Gasteiger partial charge in [0.05, 0.1) is 11.7 Å². The maximum atomic E-state index is 12.6. The number of alkyl halides is 3. The molecule has 26 heavy (non-hydrogen) atoms. The zero-order chi connectivity index (χ0) is 18.6.